The topological polar surface area (TPSA) is 49.3 Å². The van der Waals surface area contributed by atoms with Gasteiger partial charge in [-0.2, -0.15) is 0 Å². The lowest BCUT2D eigenvalue weighted by Crippen LogP contribution is -2.42. The van der Waals surface area contributed by atoms with Crippen LogP contribution >= 0.6 is 0 Å². The molecule has 70 valence electrons. The van der Waals surface area contributed by atoms with E-state index < -0.39 is 5.97 Å². The molecule has 0 spiro atoms. The fourth-order valence-corrected chi connectivity index (χ4v) is 2.27. The first-order chi connectivity index (χ1) is 5.58. The second-order valence-electron chi connectivity index (χ2n) is 3.75. The third kappa shape index (κ3) is 1.22. The summed E-state index contributed by atoms with van der Waals surface area (Å²) in [6.07, 6.45) is 1.99. The van der Waals surface area contributed by atoms with Gasteiger partial charge in [-0.1, -0.05) is 13.8 Å². The van der Waals surface area contributed by atoms with Crippen LogP contribution in [0.15, 0.2) is 0 Å². The summed E-state index contributed by atoms with van der Waals surface area (Å²) in [5, 5.41) is 11.8. The van der Waals surface area contributed by atoms with Crippen LogP contribution < -0.4 is 5.32 Å². The van der Waals surface area contributed by atoms with Crippen molar-refractivity contribution in [2.45, 2.75) is 32.7 Å². The minimum atomic E-state index is -0.719. The Kier molecular flexibility index (Phi) is 2.42. The van der Waals surface area contributed by atoms with Gasteiger partial charge in [-0.3, -0.25) is 4.79 Å². The van der Waals surface area contributed by atoms with Crippen LogP contribution in [0.5, 0.6) is 0 Å². The first-order valence-corrected chi connectivity index (χ1v) is 4.48. The molecule has 3 unspecified atom stereocenters. The second kappa shape index (κ2) is 3.05. The Balaban J connectivity index is 2.71. The van der Waals surface area contributed by atoms with Crippen LogP contribution in [0.25, 0.3) is 0 Å². The molecule has 0 aromatic rings. The number of carboxylic acids is 1. The first-order valence-electron chi connectivity index (χ1n) is 4.48. The highest BCUT2D eigenvalue weighted by Crippen LogP contribution is 2.57. The number of carbonyl (C=O) groups is 1. The average Bonchev–Trinajstić information content (AvgIpc) is 2.64. The van der Waals surface area contributed by atoms with E-state index in [1.54, 1.807) is 7.05 Å². The van der Waals surface area contributed by atoms with Crippen LogP contribution in [0.2, 0.25) is 0 Å². The summed E-state index contributed by atoms with van der Waals surface area (Å²) in [5.74, 6) is -0.167. The van der Waals surface area contributed by atoms with E-state index in [0.717, 1.165) is 12.8 Å². The molecule has 3 atom stereocenters. The lowest BCUT2D eigenvalue weighted by atomic mass is 9.91. The van der Waals surface area contributed by atoms with E-state index in [4.69, 9.17) is 5.11 Å². The van der Waals surface area contributed by atoms with E-state index in [-0.39, 0.29) is 11.5 Å². The van der Waals surface area contributed by atoms with Gasteiger partial charge >= 0.3 is 5.97 Å². The molecule has 0 radical (unpaired) electrons. The molecule has 0 aromatic carbocycles. The highest BCUT2D eigenvalue weighted by atomic mass is 16.4. The minimum Gasteiger partial charge on any atom is -0.480 e. The van der Waals surface area contributed by atoms with E-state index >= 15 is 0 Å². The molecule has 1 rings (SSSR count). The molecule has 0 aliphatic heterocycles. The van der Waals surface area contributed by atoms with Crippen LogP contribution in [0.1, 0.15) is 26.7 Å². The molecule has 1 aliphatic carbocycles. The molecule has 3 heteroatoms. The normalized spacial score (nSPS) is 36.1. The van der Waals surface area contributed by atoms with Crippen molar-refractivity contribution in [3.63, 3.8) is 0 Å². The van der Waals surface area contributed by atoms with Gasteiger partial charge in [0.15, 0.2) is 0 Å². The molecule has 2 N–H and O–H groups in total. The Hall–Kier alpha value is -0.570. The summed E-state index contributed by atoms with van der Waals surface area (Å²) in [5.41, 5.74) is 0.0284. The fourth-order valence-electron chi connectivity index (χ4n) is 2.27. The van der Waals surface area contributed by atoms with Crippen LogP contribution in [-0.4, -0.2) is 24.2 Å². The quantitative estimate of drug-likeness (QED) is 0.665. The Morgan fingerprint density at radius 1 is 1.83 bits per heavy atom. The van der Waals surface area contributed by atoms with Gasteiger partial charge in [-0.05, 0) is 31.2 Å². The predicted octanol–water partition coefficient (Wildman–Crippen LogP) is 1.10. The first kappa shape index (κ1) is 9.52. The summed E-state index contributed by atoms with van der Waals surface area (Å²) in [4.78, 5) is 10.9. The molecule has 0 aromatic heterocycles. The predicted molar refractivity (Wildman–Crippen MR) is 47.0 cm³/mol. The molecule has 1 saturated carbocycles. The van der Waals surface area contributed by atoms with Gasteiger partial charge in [-0.15, -0.1) is 0 Å². The van der Waals surface area contributed by atoms with E-state index in [1.165, 1.54) is 0 Å². The summed E-state index contributed by atoms with van der Waals surface area (Å²) in [6, 6.07) is -0.363. The van der Waals surface area contributed by atoms with Crippen molar-refractivity contribution in [2.24, 2.45) is 11.3 Å². The maximum absolute atomic E-state index is 10.9. The largest absolute Gasteiger partial charge is 0.480 e. The zero-order valence-electron chi connectivity index (χ0n) is 7.92. The lowest BCUT2D eigenvalue weighted by molar-refractivity contribution is -0.141. The number of hydrogen-bond acceptors (Lipinski definition) is 2. The molecule has 0 bridgehead atoms. The van der Waals surface area contributed by atoms with Crippen LogP contribution in [0, 0.1) is 11.3 Å². The van der Waals surface area contributed by atoms with Crippen molar-refractivity contribution < 1.29 is 9.90 Å². The van der Waals surface area contributed by atoms with E-state index in [2.05, 4.69) is 19.2 Å². The molecule has 1 aliphatic rings. The van der Waals surface area contributed by atoms with Crippen molar-refractivity contribution in [3.8, 4) is 0 Å². The molecule has 1 fully saturated rings. The minimum absolute atomic E-state index is 0.0284. The van der Waals surface area contributed by atoms with Gasteiger partial charge in [0.1, 0.15) is 6.04 Å². The van der Waals surface area contributed by atoms with Gasteiger partial charge in [0.2, 0.25) is 0 Å². The van der Waals surface area contributed by atoms with Crippen LogP contribution in [-0.2, 0) is 4.79 Å². The maximum Gasteiger partial charge on any atom is 0.321 e. The molecule has 0 amide bonds. The number of aliphatic carboxylic acids is 1. The van der Waals surface area contributed by atoms with E-state index in [0.29, 0.717) is 5.92 Å². The lowest BCUT2D eigenvalue weighted by Gasteiger charge is -2.22. The van der Waals surface area contributed by atoms with E-state index in [9.17, 15) is 4.79 Å². The van der Waals surface area contributed by atoms with Gasteiger partial charge in [0, 0.05) is 0 Å². The second-order valence-corrected chi connectivity index (χ2v) is 3.75. The molecular formula is C9H17NO2. The van der Waals surface area contributed by atoms with Gasteiger partial charge < -0.3 is 10.4 Å². The number of nitrogens with one attached hydrogen (secondary N) is 1. The van der Waals surface area contributed by atoms with Gasteiger partial charge in [-0.25, -0.2) is 0 Å². The van der Waals surface area contributed by atoms with Crippen molar-refractivity contribution in [3.05, 3.63) is 0 Å². The van der Waals surface area contributed by atoms with Crippen LogP contribution in [0.4, 0.5) is 0 Å². The zero-order chi connectivity index (χ0) is 9.35. The summed E-state index contributed by atoms with van der Waals surface area (Å²) < 4.78 is 0. The number of carboxylic acid groups (broad SMARTS) is 1. The highest BCUT2D eigenvalue weighted by Gasteiger charge is 2.56. The summed E-state index contributed by atoms with van der Waals surface area (Å²) in [6.45, 7) is 4.19. The van der Waals surface area contributed by atoms with Gasteiger partial charge in [0.05, 0.1) is 0 Å². The average molecular weight is 171 g/mol. The Bertz CT molecular complexity index is 189. The van der Waals surface area contributed by atoms with E-state index in [1.807, 2.05) is 0 Å². The van der Waals surface area contributed by atoms with Crippen molar-refractivity contribution in [1.29, 1.82) is 0 Å². The SMILES string of the molecule is CCC1(C(NC)C(=O)O)CC1C. The molecule has 3 nitrogen and oxygen atoms in total. The van der Waals surface area contributed by atoms with Crippen molar-refractivity contribution in [2.75, 3.05) is 7.05 Å². The Morgan fingerprint density at radius 3 is 2.42 bits per heavy atom. The highest BCUT2D eigenvalue weighted by molar-refractivity contribution is 5.75. The smallest absolute Gasteiger partial charge is 0.321 e. The third-order valence-corrected chi connectivity index (χ3v) is 3.28. The van der Waals surface area contributed by atoms with Crippen molar-refractivity contribution >= 4 is 5.97 Å². The Labute approximate surface area is 73.2 Å². The fraction of sp³-hybridized carbons (Fsp3) is 0.889. The summed E-state index contributed by atoms with van der Waals surface area (Å²) >= 11 is 0. The van der Waals surface area contributed by atoms with Crippen molar-refractivity contribution in [1.82, 2.24) is 5.32 Å². The maximum atomic E-state index is 10.9. The monoisotopic (exact) mass is 171 g/mol. The third-order valence-electron chi connectivity index (χ3n) is 3.28. The molecular weight excluding hydrogens is 154 g/mol. The number of hydrogen-bond donors (Lipinski definition) is 2. The Morgan fingerprint density at radius 2 is 2.33 bits per heavy atom. The standard InChI is InChI=1S/C9H17NO2/c1-4-9(5-6(9)2)7(10-3)8(11)12/h6-7,10H,4-5H2,1-3H3,(H,11,12). The number of rotatable bonds is 4. The molecule has 0 saturated heterocycles. The molecule has 0 heterocycles. The molecule has 12 heavy (non-hydrogen) atoms. The van der Waals surface area contributed by atoms with Crippen LogP contribution in [0.3, 0.4) is 0 Å². The summed E-state index contributed by atoms with van der Waals surface area (Å²) in [7, 11) is 1.72. The number of likely N-dealkylation sites (N-methyl/N-ethyl adjacent to an activating group) is 1. The van der Waals surface area contributed by atoms with Gasteiger partial charge in [0.25, 0.3) is 0 Å². The zero-order valence-corrected chi connectivity index (χ0v) is 7.92.